The van der Waals surface area contributed by atoms with Crippen LogP contribution in [0.4, 0.5) is 0 Å². The Morgan fingerprint density at radius 2 is 1.45 bits per heavy atom. The number of pyridine rings is 1. The first-order valence-electron chi connectivity index (χ1n) is 10.1. The van der Waals surface area contributed by atoms with Gasteiger partial charge >= 0.3 is 11.9 Å². The van der Waals surface area contributed by atoms with Crippen LogP contribution < -0.4 is 0 Å². The van der Waals surface area contributed by atoms with Crippen LogP contribution in [0.25, 0.3) is 0 Å². The third-order valence-corrected chi connectivity index (χ3v) is 3.82. The number of aliphatic carboxylic acids is 1. The smallest absolute Gasteiger partial charge is 0.337 e. The summed E-state index contributed by atoms with van der Waals surface area (Å²) in [5.74, 6) is -1.60. The van der Waals surface area contributed by atoms with Crippen molar-refractivity contribution in [2.24, 2.45) is 0 Å². The molecule has 0 amide bonds. The molecular formula is C21H37NO7. The normalized spacial score (nSPS) is 9.83. The van der Waals surface area contributed by atoms with E-state index in [0.717, 1.165) is 12.8 Å². The van der Waals surface area contributed by atoms with Crippen LogP contribution in [0.1, 0.15) is 81.5 Å². The van der Waals surface area contributed by atoms with E-state index < -0.39 is 18.0 Å². The Labute approximate surface area is 173 Å². The minimum absolute atomic E-state index is 0.220. The van der Waals surface area contributed by atoms with Crippen molar-refractivity contribution in [2.45, 2.75) is 77.2 Å². The summed E-state index contributed by atoms with van der Waals surface area (Å²) < 4.78 is 0. The number of nitrogens with zero attached hydrogens (tertiary/aromatic N) is 1. The Morgan fingerprint density at radius 1 is 0.931 bits per heavy atom. The third-order valence-electron chi connectivity index (χ3n) is 3.82. The van der Waals surface area contributed by atoms with E-state index in [1.807, 2.05) is 0 Å². The molecule has 0 bridgehead atoms. The number of carbonyl (C=O) groups is 2. The van der Waals surface area contributed by atoms with Crippen LogP contribution in [0.2, 0.25) is 0 Å². The average Bonchev–Trinajstić information content (AvgIpc) is 2.73. The van der Waals surface area contributed by atoms with Gasteiger partial charge in [-0.15, -0.1) is 0 Å². The molecule has 1 rings (SSSR count). The maximum absolute atomic E-state index is 10.2. The molecule has 1 aromatic heterocycles. The molecule has 0 unspecified atom stereocenters. The van der Waals surface area contributed by atoms with E-state index >= 15 is 0 Å². The number of aromatic nitrogens is 1. The molecule has 168 valence electrons. The SMILES string of the molecule is CCCCCCCCCCCC(=O)O.O=C(O)c1cccnc1.OCC(O)CO. The van der Waals surface area contributed by atoms with Gasteiger partial charge in [0.2, 0.25) is 0 Å². The molecule has 29 heavy (non-hydrogen) atoms. The van der Waals surface area contributed by atoms with Gasteiger partial charge in [0.05, 0.1) is 18.8 Å². The van der Waals surface area contributed by atoms with Crippen LogP contribution in [0.3, 0.4) is 0 Å². The quantitative estimate of drug-likeness (QED) is 0.309. The van der Waals surface area contributed by atoms with Gasteiger partial charge in [0, 0.05) is 18.8 Å². The van der Waals surface area contributed by atoms with Crippen LogP contribution in [0.15, 0.2) is 24.5 Å². The molecule has 0 atom stereocenters. The highest BCUT2D eigenvalue weighted by atomic mass is 16.4. The van der Waals surface area contributed by atoms with Gasteiger partial charge < -0.3 is 25.5 Å². The minimum atomic E-state index is -0.954. The summed E-state index contributed by atoms with van der Waals surface area (Å²) in [6.45, 7) is 1.50. The lowest BCUT2D eigenvalue weighted by Crippen LogP contribution is -2.15. The number of aromatic carboxylic acids is 1. The van der Waals surface area contributed by atoms with Crippen molar-refractivity contribution in [1.29, 1.82) is 0 Å². The highest BCUT2D eigenvalue weighted by Gasteiger charge is 1.98. The highest BCUT2D eigenvalue weighted by molar-refractivity contribution is 5.86. The highest BCUT2D eigenvalue weighted by Crippen LogP contribution is 2.10. The fourth-order valence-corrected chi connectivity index (χ4v) is 2.13. The second-order valence-electron chi connectivity index (χ2n) is 6.54. The van der Waals surface area contributed by atoms with Gasteiger partial charge in [0.1, 0.15) is 6.10 Å². The second kappa shape index (κ2) is 22.3. The Bertz CT molecular complexity index is 493. The number of carboxylic acid groups (broad SMARTS) is 2. The van der Waals surface area contributed by atoms with Crippen molar-refractivity contribution in [3.05, 3.63) is 30.1 Å². The van der Waals surface area contributed by atoms with Gasteiger partial charge in [-0.3, -0.25) is 9.78 Å². The van der Waals surface area contributed by atoms with Gasteiger partial charge in [0.25, 0.3) is 0 Å². The van der Waals surface area contributed by atoms with E-state index in [1.54, 1.807) is 6.07 Å². The topological polar surface area (TPSA) is 148 Å². The molecular weight excluding hydrogens is 378 g/mol. The summed E-state index contributed by atoms with van der Waals surface area (Å²) in [6.07, 6.45) is 13.4. The number of hydrogen-bond acceptors (Lipinski definition) is 6. The summed E-state index contributed by atoms with van der Waals surface area (Å²) in [6, 6.07) is 3.08. The van der Waals surface area contributed by atoms with Crippen LogP contribution >= 0.6 is 0 Å². The number of aliphatic hydroxyl groups excluding tert-OH is 3. The molecule has 8 heteroatoms. The maximum Gasteiger partial charge on any atom is 0.337 e. The maximum atomic E-state index is 10.2. The summed E-state index contributed by atoms with van der Waals surface area (Å²) in [5.41, 5.74) is 0.220. The van der Waals surface area contributed by atoms with E-state index in [2.05, 4.69) is 11.9 Å². The molecule has 0 aliphatic rings. The Balaban J connectivity index is 0. The molecule has 0 fully saturated rings. The standard InChI is InChI=1S/C12H24O2.C6H5NO2.C3H8O3/c1-2-3-4-5-6-7-8-9-10-11-12(13)14;8-6(9)5-2-1-3-7-4-5;4-1-3(6)2-5/h2-11H2,1H3,(H,13,14);1-4H,(H,8,9);3-6H,1-2H2. The van der Waals surface area contributed by atoms with Crippen molar-refractivity contribution in [3.8, 4) is 0 Å². The van der Waals surface area contributed by atoms with Crippen LogP contribution in [-0.4, -0.2) is 61.8 Å². The molecule has 0 saturated heterocycles. The van der Waals surface area contributed by atoms with E-state index in [1.165, 1.54) is 63.4 Å². The summed E-state index contributed by atoms with van der Waals surface area (Å²) in [7, 11) is 0. The van der Waals surface area contributed by atoms with Gasteiger partial charge in [-0.2, -0.15) is 0 Å². The molecule has 0 aliphatic carbocycles. The van der Waals surface area contributed by atoms with Crippen molar-refractivity contribution in [2.75, 3.05) is 13.2 Å². The zero-order valence-corrected chi connectivity index (χ0v) is 17.4. The Hall–Kier alpha value is -2.03. The molecule has 0 spiro atoms. The summed E-state index contributed by atoms with van der Waals surface area (Å²) >= 11 is 0. The van der Waals surface area contributed by atoms with E-state index in [9.17, 15) is 9.59 Å². The van der Waals surface area contributed by atoms with Crippen molar-refractivity contribution < 1.29 is 35.1 Å². The third kappa shape index (κ3) is 23.9. The van der Waals surface area contributed by atoms with Gasteiger partial charge in [-0.05, 0) is 18.6 Å². The minimum Gasteiger partial charge on any atom is -0.481 e. The number of hydrogen-bond donors (Lipinski definition) is 5. The second-order valence-corrected chi connectivity index (χ2v) is 6.54. The lowest BCUT2D eigenvalue weighted by molar-refractivity contribution is -0.137. The van der Waals surface area contributed by atoms with Gasteiger partial charge in [0.15, 0.2) is 0 Å². The molecule has 0 aromatic carbocycles. The molecule has 0 radical (unpaired) electrons. The first kappa shape index (κ1) is 29.2. The predicted molar refractivity (Wildman–Crippen MR) is 111 cm³/mol. The van der Waals surface area contributed by atoms with Crippen LogP contribution in [0, 0.1) is 0 Å². The lowest BCUT2D eigenvalue weighted by Gasteiger charge is -2.00. The van der Waals surface area contributed by atoms with Crippen LogP contribution in [-0.2, 0) is 4.79 Å². The Kier molecular flexibility index (Phi) is 22.4. The molecule has 5 N–H and O–H groups in total. The van der Waals surface area contributed by atoms with Gasteiger partial charge in [-0.25, -0.2) is 4.79 Å². The number of carboxylic acids is 2. The molecule has 8 nitrogen and oxygen atoms in total. The van der Waals surface area contributed by atoms with Crippen molar-refractivity contribution in [1.82, 2.24) is 4.98 Å². The van der Waals surface area contributed by atoms with E-state index in [0.29, 0.717) is 6.42 Å². The summed E-state index contributed by atoms with van der Waals surface area (Å²) in [5, 5.41) is 40.8. The van der Waals surface area contributed by atoms with Gasteiger partial charge in [-0.1, -0.05) is 58.3 Å². The molecule has 1 aromatic rings. The largest absolute Gasteiger partial charge is 0.481 e. The fraction of sp³-hybridized carbons (Fsp3) is 0.667. The zero-order valence-electron chi connectivity index (χ0n) is 17.4. The number of aliphatic hydroxyl groups is 3. The monoisotopic (exact) mass is 415 g/mol. The number of unbranched alkanes of at least 4 members (excludes halogenated alkanes) is 8. The first-order valence-corrected chi connectivity index (χ1v) is 10.1. The van der Waals surface area contributed by atoms with Crippen LogP contribution in [0.5, 0.6) is 0 Å². The van der Waals surface area contributed by atoms with E-state index in [-0.39, 0.29) is 18.8 Å². The van der Waals surface area contributed by atoms with Crippen molar-refractivity contribution >= 4 is 11.9 Å². The Morgan fingerprint density at radius 3 is 1.76 bits per heavy atom. The van der Waals surface area contributed by atoms with E-state index in [4.69, 9.17) is 25.5 Å². The first-order chi connectivity index (χ1) is 13.9. The van der Waals surface area contributed by atoms with Crippen molar-refractivity contribution in [3.63, 3.8) is 0 Å². The lowest BCUT2D eigenvalue weighted by atomic mass is 10.1. The molecule has 1 heterocycles. The number of rotatable bonds is 13. The molecule has 0 saturated carbocycles. The predicted octanol–water partition coefficient (Wildman–Crippen LogP) is 3.10. The molecule has 0 aliphatic heterocycles. The summed E-state index contributed by atoms with van der Waals surface area (Å²) in [4.78, 5) is 24.0. The fourth-order valence-electron chi connectivity index (χ4n) is 2.13. The zero-order chi connectivity index (χ0) is 22.3. The average molecular weight is 416 g/mol.